The Labute approximate surface area is 118 Å². The Kier molecular flexibility index (Phi) is 3.98. The lowest BCUT2D eigenvalue weighted by molar-refractivity contribution is 0.474. The van der Waals surface area contributed by atoms with Gasteiger partial charge in [0, 0.05) is 23.3 Å². The molecule has 0 unspecified atom stereocenters. The molecular weight excluding hydrogens is 252 g/mol. The van der Waals surface area contributed by atoms with Gasteiger partial charge in [-0.25, -0.2) is 0 Å². The van der Waals surface area contributed by atoms with Crippen LogP contribution in [0, 0.1) is 5.41 Å². The van der Waals surface area contributed by atoms with Crippen LogP contribution in [0.1, 0.15) is 37.8 Å². The van der Waals surface area contributed by atoms with Crippen molar-refractivity contribution in [3.63, 3.8) is 0 Å². The maximum Gasteiger partial charge on any atom is 0.125 e. The summed E-state index contributed by atoms with van der Waals surface area (Å²) >= 11 is 0. The van der Waals surface area contributed by atoms with Crippen molar-refractivity contribution in [3.05, 3.63) is 41.0 Å². The van der Waals surface area contributed by atoms with Gasteiger partial charge in [0.1, 0.15) is 11.6 Å². The van der Waals surface area contributed by atoms with Gasteiger partial charge < -0.3 is 10.8 Å². The second-order valence-corrected chi connectivity index (χ2v) is 4.80. The number of phenols is 1. The van der Waals surface area contributed by atoms with Gasteiger partial charge in [-0.15, -0.1) is 0 Å². The molecule has 0 spiro atoms. The number of nitrogens with one attached hydrogen (secondary N) is 1. The zero-order chi connectivity index (χ0) is 14.7. The van der Waals surface area contributed by atoms with Crippen LogP contribution in [0.25, 0.3) is 0 Å². The Morgan fingerprint density at radius 1 is 1.40 bits per heavy atom. The number of hydrogen-bond acceptors (Lipinski definition) is 4. The molecule has 0 radical (unpaired) electrons. The van der Waals surface area contributed by atoms with Crippen LogP contribution in [-0.4, -0.2) is 22.4 Å². The molecule has 1 aliphatic heterocycles. The molecule has 1 aliphatic rings. The van der Waals surface area contributed by atoms with Crippen molar-refractivity contribution in [3.8, 4) is 5.75 Å². The van der Waals surface area contributed by atoms with Crippen molar-refractivity contribution in [2.45, 2.75) is 26.7 Å². The van der Waals surface area contributed by atoms with Gasteiger partial charge >= 0.3 is 0 Å². The van der Waals surface area contributed by atoms with Crippen LogP contribution >= 0.6 is 0 Å². The van der Waals surface area contributed by atoms with Gasteiger partial charge in [-0.05, 0) is 31.6 Å². The first-order valence-corrected chi connectivity index (χ1v) is 6.49. The van der Waals surface area contributed by atoms with Crippen molar-refractivity contribution < 1.29 is 5.11 Å². The number of amidine groups is 1. The zero-order valence-corrected chi connectivity index (χ0v) is 11.6. The van der Waals surface area contributed by atoms with Crippen LogP contribution in [0.15, 0.2) is 40.1 Å². The van der Waals surface area contributed by atoms with Crippen LogP contribution in [0.5, 0.6) is 5.75 Å². The van der Waals surface area contributed by atoms with Crippen LogP contribution in [0.2, 0.25) is 0 Å². The number of hydrogen-bond donors (Lipinski definition) is 3. The van der Waals surface area contributed by atoms with E-state index in [9.17, 15) is 5.11 Å². The molecule has 104 valence electrons. The van der Waals surface area contributed by atoms with Gasteiger partial charge in [0.2, 0.25) is 0 Å². The zero-order valence-electron chi connectivity index (χ0n) is 11.6. The summed E-state index contributed by atoms with van der Waals surface area (Å²) in [5.41, 5.74) is 9.29. The molecule has 0 atom stereocenters. The molecule has 0 saturated carbocycles. The highest BCUT2D eigenvalue weighted by Crippen LogP contribution is 2.23. The van der Waals surface area contributed by atoms with Gasteiger partial charge in [0.25, 0.3) is 0 Å². The number of allylic oxidation sites excluding steroid dienone is 2. The topological polar surface area (TPSA) is 94.8 Å². The summed E-state index contributed by atoms with van der Waals surface area (Å²) < 4.78 is 0. The average molecular weight is 270 g/mol. The largest absolute Gasteiger partial charge is 0.507 e. The quantitative estimate of drug-likeness (QED) is 0.581. The minimum absolute atomic E-state index is 0.0536. The Morgan fingerprint density at radius 2 is 2.15 bits per heavy atom. The van der Waals surface area contributed by atoms with E-state index in [2.05, 4.69) is 17.1 Å². The SMILES string of the molecule is CCC1=CC(c2ccc(C(=N)N)cc2O)=NN=C(C)C1. The lowest BCUT2D eigenvalue weighted by Gasteiger charge is -2.07. The molecule has 4 N–H and O–H groups in total. The Bertz CT molecular complexity index is 641. The van der Waals surface area contributed by atoms with E-state index in [1.54, 1.807) is 12.1 Å². The number of nitrogens with two attached hydrogens (primary N) is 1. The number of rotatable bonds is 3. The fourth-order valence-corrected chi connectivity index (χ4v) is 2.05. The highest BCUT2D eigenvalue weighted by molar-refractivity contribution is 6.12. The Hall–Kier alpha value is -2.43. The second kappa shape index (κ2) is 5.69. The number of nitrogen functional groups attached to an aromatic ring is 1. The Morgan fingerprint density at radius 3 is 2.75 bits per heavy atom. The highest BCUT2D eigenvalue weighted by atomic mass is 16.3. The van der Waals surface area contributed by atoms with Crippen LogP contribution in [-0.2, 0) is 0 Å². The summed E-state index contributed by atoms with van der Waals surface area (Å²) in [6.45, 7) is 4.02. The van der Waals surface area contributed by atoms with Gasteiger partial charge in [0.15, 0.2) is 0 Å². The number of benzene rings is 1. The molecule has 0 aliphatic carbocycles. The minimum atomic E-state index is -0.0756. The van der Waals surface area contributed by atoms with Crippen molar-refractivity contribution in [2.75, 3.05) is 0 Å². The van der Waals surface area contributed by atoms with Crippen LogP contribution in [0.4, 0.5) is 0 Å². The molecule has 1 aromatic rings. The van der Waals surface area contributed by atoms with Crippen LogP contribution < -0.4 is 5.73 Å². The maximum absolute atomic E-state index is 10.1. The van der Waals surface area contributed by atoms with E-state index in [4.69, 9.17) is 11.1 Å². The van der Waals surface area contributed by atoms with E-state index in [-0.39, 0.29) is 11.6 Å². The summed E-state index contributed by atoms with van der Waals surface area (Å²) in [5.74, 6) is -0.0220. The molecule has 5 nitrogen and oxygen atoms in total. The summed E-state index contributed by atoms with van der Waals surface area (Å²) in [4.78, 5) is 0. The fourth-order valence-electron chi connectivity index (χ4n) is 2.05. The minimum Gasteiger partial charge on any atom is -0.507 e. The lowest BCUT2D eigenvalue weighted by Crippen LogP contribution is -2.11. The van der Waals surface area contributed by atoms with Gasteiger partial charge in [-0.1, -0.05) is 18.6 Å². The summed E-state index contributed by atoms with van der Waals surface area (Å²) in [5, 5.41) is 25.8. The van der Waals surface area contributed by atoms with Gasteiger partial charge in [-0.3, -0.25) is 5.41 Å². The summed E-state index contributed by atoms with van der Waals surface area (Å²) in [7, 11) is 0. The van der Waals surface area contributed by atoms with Crippen molar-refractivity contribution >= 4 is 17.3 Å². The molecule has 1 heterocycles. The average Bonchev–Trinajstić information content (AvgIpc) is 2.60. The molecular formula is C15H18N4O. The van der Waals surface area contributed by atoms with Gasteiger partial charge in [0.05, 0.1) is 5.71 Å². The molecule has 5 heteroatoms. The predicted molar refractivity (Wildman–Crippen MR) is 81.8 cm³/mol. The van der Waals surface area contributed by atoms with E-state index in [1.807, 2.05) is 13.0 Å². The summed E-state index contributed by atoms with van der Waals surface area (Å²) in [6, 6.07) is 4.88. The van der Waals surface area contributed by atoms with E-state index < -0.39 is 0 Å². The first-order valence-electron chi connectivity index (χ1n) is 6.49. The van der Waals surface area contributed by atoms with E-state index in [0.717, 1.165) is 18.6 Å². The maximum atomic E-state index is 10.1. The Balaban J connectivity index is 2.47. The van der Waals surface area contributed by atoms with Crippen molar-refractivity contribution in [1.82, 2.24) is 0 Å². The van der Waals surface area contributed by atoms with Gasteiger partial charge in [-0.2, -0.15) is 10.2 Å². The van der Waals surface area contributed by atoms with Crippen molar-refractivity contribution in [1.29, 1.82) is 5.41 Å². The monoisotopic (exact) mass is 270 g/mol. The molecule has 0 aromatic heterocycles. The highest BCUT2D eigenvalue weighted by Gasteiger charge is 2.12. The second-order valence-electron chi connectivity index (χ2n) is 4.80. The van der Waals surface area contributed by atoms with E-state index in [0.29, 0.717) is 16.8 Å². The molecule has 0 amide bonds. The molecule has 1 aromatic carbocycles. The third-order valence-electron chi connectivity index (χ3n) is 3.19. The first-order chi connectivity index (χ1) is 9.51. The summed E-state index contributed by atoms with van der Waals surface area (Å²) in [6.07, 6.45) is 3.68. The standard InChI is InChI=1S/C15H18N4O/c1-3-10-6-9(2)18-19-13(7-10)12-5-4-11(15(16)17)8-14(12)20/h4-5,7-8,20H,3,6H2,1-2H3,(H3,16,17). The fraction of sp³-hybridized carbons (Fsp3) is 0.267. The van der Waals surface area contributed by atoms with Crippen molar-refractivity contribution in [2.24, 2.45) is 15.9 Å². The normalized spacial score (nSPS) is 15.0. The number of nitrogens with zero attached hydrogens (tertiary/aromatic N) is 2. The molecule has 0 fully saturated rings. The molecule has 2 rings (SSSR count). The lowest BCUT2D eigenvalue weighted by atomic mass is 10.0. The van der Waals surface area contributed by atoms with E-state index >= 15 is 0 Å². The first kappa shape index (κ1) is 14.0. The third kappa shape index (κ3) is 2.93. The van der Waals surface area contributed by atoms with E-state index in [1.165, 1.54) is 11.6 Å². The number of phenolic OH excluding ortho intramolecular Hbond substituents is 1. The smallest absolute Gasteiger partial charge is 0.125 e. The van der Waals surface area contributed by atoms with Crippen LogP contribution in [0.3, 0.4) is 0 Å². The molecule has 20 heavy (non-hydrogen) atoms. The molecule has 0 bridgehead atoms. The molecule has 0 saturated heterocycles. The third-order valence-corrected chi connectivity index (χ3v) is 3.19. The number of aromatic hydroxyl groups is 1. The predicted octanol–water partition coefficient (Wildman–Crippen LogP) is 2.58.